The van der Waals surface area contributed by atoms with Gasteiger partial charge >= 0.3 is 0 Å². The standard InChI is InChI=1S/C16H22N2O/c1-4-5-8-18-16(19)10-14(11-17)15-7-6-12(2)9-13(15)3/h6-7,9,14H,4-5,8,10H2,1-3H3,(H,18,19). The zero-order valence-electron chi connectivity index (χ0n) is 12.0. The number of nitriles is 1. The second-order valence-corrected chi connectivity index (χ2v) is 4.95. The van der Waals surface area contributed by atoms with Gasteiger partial charge in [0.05, 0.1) is 12.0 Å². The summed E-state index contributed by atoms with van der Waals surface area (Å²) >= 11 is 0. The Morgan fingerprint density at radius 2 is 2.16 bits per heavy atom. The number of aryl methyl sites for hydroxylation is 2. The molecule has 1 atom stereocenters. The Hall–Kier alpha value is -1.82. The Morgan fingerprint density at radius 3 is 2.74 bits per heavy atom. The maximum Gasteiger partial charge on any atom is 0.221 e. The Balaban J connectivity index is 2.68. The predicted octanol–water partition coefficient (Wildman–Crippen LogP) is 3.22. The number of hydrogen-bond donors (Lipinski definition) is 1. The van der Waals surface area contributed by atoms with Crippen molar-refractivity contribution in [1.29, 1.82) is 5.26 Å². The first kappa shape index (κ1) is 15.2. The van der Waals surface area contributed by atoms with Crippen molar-refractivity contribution in [3.63, 3.8) is 0 Å². The Morgan fingerprint density at radius 1 is 1.42 bits per heavy atom. The number of hydrogen-bond acceptors (Lipinski definition) is 2. The van der Waals surface area contributed by atoms with Crippen LogP contribution in [0.1, 0.15) is 48.8 Å². The third kappa shape index (κ3) is 4.75. The summed E-state index contributed by atoms with van der Waals surface area (Å²) in [6, 6.07) is 8.23. The lowest BCUT2D eigenvalue weighted by molar-refractivity contribution is -0.121. The highest BCUT2D eigenvalue weighted by Gasteiger charge is 2.17. The molecule has 1 aromatic rings. The Labute approximate surface area is 115 Å². The topological polar surface area (TPSA) is 52.9 Å². The average molecular weight is 258 g/mol. The molecule has 0 aromatic heterocycles. The van der Waals surface area contributed by atoms with Crippen LogP contribution in [0.3, 0.4) is 0 Å². The highest BCUT2D eigenvalue weighted by atomic mass is 16.1. The van der Waals surface area contributed by atoms with Crippen molar-refractivity contribution in [3.8, 4) is 6.07 Å². The first-order valence-electron chi connectivity index (χ1n) is 6.82. The molecule has 102 valence electrons. The number of rotatable bonds is 6. The van der Waals surface area contributed by atoms with E-state index in [1.807, 2.05) is 26.0 Å². The molecule has 1 aromatic carbocycles. The lowest BCUT2D eigenvalue weighted by atomic mass is 9.92. The average Bonchev–Trinajstić information content (AvgIpc) is 2.37. The van der Waals surface area contributed by atoms with Gasteiger partial charge in [-0.3, -0.25) is 4.79 Å². The molecule has 0 fully saturated rings. The maximum atomic E-state index is 11.8. The van der Waals surface area contributed by atoms with Crippen molar-refractivity contribution in [2.24, 2.45) is 0 Å². The summed E-state index contributed by atoms with van der Waals surface area (Å²) in [5.41, 5.74) is 3.21. The van der Waals surface area contributed by atoms with Gasteiger partial charge in [0.1, 0.15) is 0 Å². The SMILES string of the molecule is CCCCNC(=O)CC(C#N)c1ccc(C)cc1C. The van der Waals surface area contributed by atoms with E-state index >= 15 is 0 Å². The molecule has 0 aliphatic rings. The fourth-order valence-corrected chi connectivity index (χ4v) is 2.10. The molecule has 0 aliphatic heterocycles. The molecule has 0 aliphatic carbocycles. The van der Waals surface area contributed by atoms with E-state index in [1.165, 1.54) is 5.56 Å². The highest BCUT2D eigenvalue weighted by molar-refractivity contribution is 5.77. The van der Waals surface area contributed by atoms with Gasteiger partial charge in [0, 0.05) is 13.0 Å². The van der Waals surface area contributed by atoms with Gasteiger partial charge in [0.2, 0.25) is 5.91 Å². The predicted molar refractivity (Wildman–Crippen MR) is 76.8 cm³/mol. The van der Waals surface area contributed by atoms with Gasteiger partial charge in [-0.05, 0) is 31.4 Å². The molecule has 3 nitrogen and oxygen atoms in total. The van der Waals surface area contributed by atoms with Crippen LogP contribution in [-0.4, -0.2) is 12.5 Å². The molecule has 1 amide bonds. The lowest BCUT2D eigenvalue weighted by Gasteiger charge is -2.13. The van der Waals surface area contributed by atoms with Gasteiger partial charge in [-0.2, -0.15) is 5.26 Å². The number of nitrogens with one attached hydrogen (secondary N) is 1. The summed E-state index contributed by atoms with van der Waals surface area (Å²) in [7, 11) is 0. The van der Waals surface area contributed by atoms with Crippen molar-refractivity contribution in [3.05, 3.63) is 34.9 Å². The van der Waals surface area contributed by atoms with E-state index in [9.17, 15) is 10.1 Å². The van der Waals surface area contributed by atoms with E-state index in [0.29, 0.717) is 6.54 Å². The first-order chi connectivity index (χ1) is 9.08. The molecule has 19 heavy (non-hydrogen) atoms. The van der Waals surface area contributed by atoms with Gasteiger partial charge in [0.25, 0.3) is 0 Å². The number of amides is 1. The monoisotopic (exact) mass is 258 g/mol. The second-order valence-electron chi connectivity index (χ2n) is 4.95. The molecular formula is C16H22N2O. The van der Waals surface area contributed by atoms with Gasteiger partial charge in [-0.15, -0.1) is 0 Å². The minimum atomic E-state index is -0.359. The van der Waals surface area contributed by atoms with Crippen molar-refractivity contribution in [1.82, 2.24) is 5.32 Å². The van der Waals surface area contributed by atoms with Crippen LogP contribution in [0.2, 0.25) is 0 Å². The molecule has 0 heterocycles. The number of nitrogens with zero attached hydrogens (tertiary/aromatic N) is 1. The summed E-state index contributed by atoms with van der Waals surface area (Å²) in [5.74, 6) is -0.401. The van der Waals surface area contributed by atoms with Crippen LogP contribution >= 0.6 is 0 Å². The van der Waals surface area contributed by atoms with Crippen LogP contribution in [-0.2, 0) is 4.79 Å². The van der Waals surface area contributed by atoms with Gasteiger partial charge in [-0.1, -0.05) is 37.1 Å². The lowest BCUT2D eigenvalue weighted by Crippen LogP contribution is -2.25. The van der Waals surface area contributed by atoms with Crippen LogP contribution in [0.15, 0.2) is 18.2 Å². The zero-order valence-corrected chi connectivity index (χ0v) is 12.0. The van der Waals surface area contributed by atoms with Crippen LogP contribution in [0.4, 0.5) is 0 Å². The molecule has 0 saturated carbocycles. The largest absolute Gasteiger partial charge is 0.356 e. The fourth-order valence-electron chi connectivity index (χ4n) is 2.10. The molecule has 0 radical (unpaired) electrons. The van der Waals surface area contributed by atoms with E-state index in [0.717, 1.165) is 24.0 Å². The molecule has 1 unspecified atom stereocenters. The van der Waals surface area contributed by atoms with Crippen molar-refractivity contribution in [2.45, 2.75) is 46.0 Å². The van der Waals surface area contributed by atoms with Crippen LogP contribution < -0.4 is 5.32 Å². The minimum absolute atomic E-state index is 0.0417. The fraction of sp³-hybridized carbons (Fsp3) is 0.500. The van der Waals surface area contributed by atoms with Crippen molar-refractivity contribution in [2.75, 3.05) is 6.54 Å². The number of carbonyl (C=O) groups excluding carboxylic acids is 1. The quantitative estimate of drug-likeness (QED) is 0.796. The molecule has 1 rings (SSSR count). The summed E-state index contributed by atoms with van der Waals surface area (Å²) in [6.07, 6.45) is 2.27. The highest BCUT2D eigenvalue weighted by Crippen LogP contribution is 2.23. The van der Waals surface area contributed by atoms with Crippen LogP contribution in [0.25, 0.3) is 0 Å². The summed E-state index contributed by atoms with van der Waals surface area (Å²) in [4.78, 5) is 11.8. The van der Waals surface area contributed by atoms with Crippen molar-refractivity contribution >= 4 is 5.91 Å². The molecule has 0 spiro atoms. The third-order valence-corrected chi connectivity index (χ3v) is 3.20. The Bertz CT molecular complexity index is 474. The third-order valence-electron chi connectivity index (χ3n) is 3.20. The van der Waals surface area contributed by atoms with Crippen LogP contribution in [0.5, 0.6) is 0 Å². The van der Waals surface area contributed by atoms with Crippen LogP contribution in [0, 0.1) is 25.2 Å². The van der Waals surface area contributed by atoms with E-state index < -0.39 is 0 Å². The van der Waals surface area contributed by atoms with E-state index in [2.05, 4.69) is 24.4 Å². The molecule has 1 N–H and O–H groups in total. The van der Waals surface area contributed by atoms with Gasteiger partial charge in [0.15, 0.2) is 0 Å². The Kier molecular flexibility index (Phi) is 6.08. The van der Waals surface area contributed by atoms with Gasteiger partial charge < -0.3 is 5.32 Å². The minimum Gasteiger partial charge on any atom is -0.356 e. The maximum absolute atomic E-state index is 11.8. The number of benzene rings is 1. The molecule has 3 heteroatoms. The smallest absolute Gasteiger partial charge is 0.221 e. The second kappa shape index (κ2) is 7.58. The zero-order chi connectivity index (χ0) is 14.3. The van der Waals surface area contributed by atoms with E-state index in [-0.39, 0.29) is 18.2 Å². The normalized spacial score (nSPS) is 11.7. The number of unbranched alkanes of at least 4 members (excludes halogenated alkanes) is 1. The first-order valence-corrected chi connectivity index (χ1v) is 6.82. The van der Waals surface area contributed by atoms with Gasteiger partial charge in [-0.25, -0.2) is 0 Å². The molecular weight excluding hydrogens is 236 g/mol. The summed E-state index contributed by atoms with van der Waals surface area (Å²) in [6.45, 7) is 6.79. The van der Waals surface area contributed by atoms with E-state index in [4.69, 9.17) is 0 Å². The summed E-state index contributed by atoms with van der Waals surface area (Å²) < 4.78 is 0. The molecule has 0 bridgehead atoms. The van der Waals surface area contributed by atoms with Crippen molar-refractivity contribution < 1.29 is 4.79 Å². The number of carbonyl (C=O) groups is 1. The molecule has 0 saturated heterocycles. The summed E-state index contributed by atoms with van der Waals surface area (Å²) in [5, 5.41) is 12.1. The van der Waals surface area contributed by atoms with E-state index in [1.54, 1.807) is 0 Å².